The van der Waals surface area contributed by atoms with Crippen LogP contribution in [-0.2, 0) is 4.79 Å². The lowest BCUT2D eigenvalue weighted by atomic mass is 9.86. The highest BCUT2D eigenvalue weighted by Crippen LogP contribution is 2.49. The first-order chi connectivity index (χ1) is 9.08. The van der Waals surface area contributed by atoms with Crippen LogP contribution in [-0.4, -0.2) is 17.9 Å². The average Bonchev–Trinajstić information content (AvgIpc) is 3.09. The summed E-state index contributed by atoms with van der Waals surface area (Å²) in [5, 5.41) is 9.12. The van der Waals surface area contributed by atoms with E-state index in [0.29, 0.717) is 5.92 Å². The Bertz CT molecular complexity index is 531. The highest BCUT2D eigenvalue weighted by atomic mass is 16.7. The van der Waals surface area contributed by atoms with Crippen molar-refractivity contribution in [1.82, 2.24) is 0 Å². The Kier molecular flexibility index (Phi) is 2.88. The lowest BCUT2D eigenvalue weighted by Crippen LogP contribution is -2.10. The van der Waals surface area contributed by atoms with E-state index in [2.05, 4.69) is 0 Å². The van der Waals surface area contributed by atoms with Crippen molar-refractivity contribution in [3.63, 3.8) is 0 Å². The minimum Gasteiger partial charge on any atom is -0.481 e. The molecule has 0 amide bonds. The quantitative estimate of drug-likeness (QED) is 0.906. The predicted molar refractivity (Wildman–Crippen MR) is 69.8 cm³/mol. The summed E-state index contributed by atoms with van der Waals surface area (Å²) in [6, 6.07) is 1.98. The second-order valence-corrected chi connectivity index (χ2v) is 5.49. The van der Waals surface area contributed by atoms with Crippen LogP contribution in [0.15, 0.2) is 6.07 Å². The molecule has 1 fully saturated rings. The zero-order chi connectivity index (χ0) is 13.6. The summed E-state index contributed by atoms with van der Waals surface area (Å²) in [7, 11) is 0. The van der Waals surface area contributed by atoms with E-state index in [9.17, 15) is 4.79 Å². The highest BCUT2D eigenvalue weighted by Gasteiger charge is 2.36. The van der Waals surface area contributed by atoms with Crippen molar-refractivity contribution in [3.8, 4) is 11.5 Å². The van der Waals surface area contributed by atoms with Crippen molar-refractivity contribution in [1.29, 1.82) is 0 Å². The zero-order valence-corrected chi connectivity index (χ0v) is 11.2. The van der Waals surface area contributed by atoms with Gasteiger partial charge >= 0.3 is 5.97 Å². The number of carboxylic acids is 1. The van der Waals surface area contributed by atoms with Crippen LogP contribution >= 0.6 is 0 Å². The standard InChI is InChI=1S/C15H18O4/c1-8-9(2)15-13(18-7-19-15)5-11(8)12(6-14(16)17)10-3-4-10/h5,10,12H,3-4,6-7H2,1-2H3,(H,16,17). The van der Waals surface area contributed by atoms with Gasteiger partial charge < -0.3 is 14.6 Å². The molecule has 4 heteroatoms. The zero-order valence-electron chi connectivity index (χ0n) is 11.2. The maximum atomic E-state index is 11.1. The van der Waals surface area contributed by atoms with Gasteiger partial charge in [0.2, 0.25) is 6.79 Å². The molecule has 3 rings (SSSR count). The molecule has 0 aromatic heterocycles. The monoisotopic (exact) mass is 262 g/mol. The number of ether oxygens (including phenoxy) is 2. The van der Waals surface area contributed by atoms with Crippen LogP contribution in [0.25, 0.3) is 0 Å². The first-order valence-corrected chi connectivity index (χ1v) is 6.69. The van der Waals surface area contributed by atoms with Gasteiger partial charge in [-0.05, 0) is 61.3 Å². The van der Waals surface area contributed by atoms with Crippen LogP contribution in [0, 0.1) is 19.8 Å². The summed E-state index contributed by atoms with van der Waals surface area (Å²) in [6.07, 6.45) is 2.46. The molecular formula is C15H18O4. The molecule has 1 atom stereocenters. The van der Waals surface area contributed by atoms with Crippen LogP contribution in [0.1, 0.15) is 41.9 Å². The number of hydrogen-bond acceptors (Lipinski definition) is 3. The summed E-state index contributed by atoms with van der Waals surface area (Å²) in [5.74, 6) is 1.45. The number of hydrogen-bond donors (Lipinski definition) is 1. The molecule has 19 heavy (non-hydrogen) atoms. The third-order valence-electron chi connectivity index (χ3n) is 4.25. The second-order valence-electron chi connectivity index (χ2n) is 5.49. The number of rotatable bonds is 4. The Morgan fingerprint density at radius 1 is 1.37 bits per heavy atom. The van der Waals surface area contributed by atoms with Gasteiger partial charge in [-0.15, -0.1) is 0 Å². The van der Waals surface area contributed by atoms with E-state index >= 15 is 0 Å². The lowest BCUT2D eigenvalue weighted by molar-refractivity contribution is -0.137. The maximum absolute atomic E-state index is 11.1. The van der Waals surface area contributed by atoms with Gasteiger partial charge in [-0.25, -0.2) is 0 Å². The van der Waals surface area contributed by atoms with E-state index in [1.165, 1.54) is 0 Å². The third kappa shape index (κ3) is 2.15. The molecule has 1 aromatic rings. The first kappa shape index (κ1) is 12.3. The van der Waals surface area contributed by atoms with Crippen molar-refractivity contribution in [2.45, 2.75) is 39.0 Å². The molecular weight excluding hydrogens is 244 g/mol. The Labute approximate surface area is 112 Å². The third-order valence-corrected chi connectivity index (χ3v) is 4.25. The molecule has 0 spiro atoms. The minimum atomic E-state index is -0.730. The number of aliphatic carboxylic acids is 1. The minimum absolute atomic E-state index is 0.103. The van der Waals surface area contributed by atoms with E-state index in [0.717, 1.165) is 41.0 Å². The Morgan fingerprint density at radius 3 is 2.74 bits per heavy atom. The molecule has 1 aromatic carbocycles. The topological polar surface area (TPSA) is 55.8 Å². The van der Waals surface area contributed by atoms with Gasteiger partial charge in [-0.2, -0.15) is 0 Å². The summed E-state index contributed by atoms with van der Waals surface area (Å²) in [6.45, 7) is 4.31. The maximum Gasteiger partial charge on any atom is 0.303 e. The summed E-state index contributed by atoms with van der Waals surface area (Å²) in [4.78, 5) is 11.1. The van der Waals surface area contributed by atoms with E-state index in [4.69, 9.17) is 14.6 Å². The van der Waals surface area contributed by atoms with Gasteiger partial charge in [0.25, 0.3) is 0 Å². The molecule has 0 saturated heterocycles. The van der Waals surface area contributed by atoms with Crippen LogP contribution < -0.4 is 9.47 Å². The first-order valence-electron chi connectivity index (χ1n) is 6.69. The number of carboxylic acid groups (broad SMARTS) is 1. The Balaban J connectivity index is 2.03. The predicted octanol–water partition coefficient (Wildman–Crippen LogP) is 3.00. The average molecular weight is 262 g/mol. The van der Waals surface area contributed by atoms with Crippen molar-refractivity contribution in [2.24, 2.45) is 5.92 Å². The molecule has 1 N–H and O–H groups in total. The van der Waals surface area contributed by atoms with Gasteiger partial charge in [-0.3, -0.25) is 4.79 Å². The molecule has 1 saturated carbocycles. The molecule has 1 aliphatic carbocycles. The fourth-order valence-electron chi connectivity index (χ4n) is 2.93. The number of benzene rings is 1. The molecule has 2 aliphatic rings. The smallest absolute Gasteiger partial charge is 0.303 e. The molecule has 0 radical (unpaired) electrons. The van der Waals surface area contributed by atoms with Crippen LogP contribution in [0.4, 0.5) is 0 Å². The fourth-order valence-corrected chi connectivity index (χ4v) is 2.93. The molecule has 1 heterocycles. The number of carbonyl (C=O) groups is 1. The normalized spacial score (nSPS) is 18.4. The molecule has 1 aliphatic heterocycles. The largest absolute Gasteiger partial charge is 0.481 e. The van der Waals surface area contributed by atoms with Crippen molar-refractivity contribution in [3.05, 3.63) is 22.8 Å². The van der Waals surface area contributed by atoms with Crippen molar-refractivity contribution in [2.75, 3.05) is 6.79 Å². The molecule has 4 nitrogen and oxygen atoms in total. The van der Waals surface area contributed by atoms with Crippen LogP contribution in [0.2, 0.25) is 0 Å². The Morgan fingerprint density at radius 2 is 2.11 bits per heavy atom. The summed E-state index contributed by atoms with van der Waals surface area (Å²) < 4.78 is 10.9. The summed E-state index contributed by atoms with van der Waals surface area (Å²) in [5.41, 5.74) is 3.33. The highest BCUT2D eigenvalue weighted by molar-refractivity contribution is 5.69. The van der Waals surface area contributed by atoms with Crippen molar-refractivity contribution >= 4 is 5.97 Å². The van der Waals surface area contributed by atoms with E-state index in [1.54, 1.807) is 0 Å². The van der Waals surface area contributed by atoms with E-state index < -0.39 is 5.97 Å². The van der Waals surface area contributed by atoms with Gasteiger partial charge in [0, 0.05) is 0 Å². The van der Waals surface area contributed by atoms with Gasteiger partial charge in [0.15, 0.2) is 11.5 Å². The van der Waals surface area contributed by atoms with Gasteiger partial charge in [0.05, 0.1) is 6.42 Å². The fraction of sp³-hybridized carbons (Fsp3) is 0.533. The van der Waals surface area contributed by atoms with Gasteiger partial charge in [0.1, 0.15) is 0 Å². The number of fused-ring (bicyclic) bond motifs is 1. The van der Waals surface area contributed by atoms with Gasteiger partial charge in [-0.1, -0.05) is 0 Å². The van der Waals surface area contributed by atoms with Crippen LogP contribution in [0.5, 0.6) is 11.5 Å². The summed E-state index contributed by atoms with van der Waals surface area (Å²) >= 11 is 0. The SMILES string of the molecule is Cc1c(C(CC(=O)O)C2CC2)cc2c(c1C)OCO2. The van der Waals surface area contributed by atoms with E-state index in [1.807, 2.05) is 19.9 Å². The Hall–Kier alpha value is -1.71. The lowest BCUT2D eigenvalue weighted by Gasteiger charge is -2.19. The molecule has 102 valence electrons. The van der Waals surface area contributed by atoms with E-state index in [-0.39, 0.29) is 19.1 Å². The molecule has 0 bridgehead atoms. The van der Waals surface area contributed by atoms with Crippen LogP contribution in [0.3, 0.4) is 0 Å². The molecule has 1 unspecified atom stereocenters. The second kappa shape index (κ2) is 4.44. The van der Waals surface area contributed by atoms with Crippen molar-refractivity contribution < 1.29 is 19.4 Å².